The van der Waals surface area contributed by atoms with Crippen LogP contribution in [0.4, 0.5) is 5.95 Å². The fourth-order valence-electron chi connectivity index (χ4n) is 1.31. The van der Waals surface area contributed by atoms with Crippen molar-refractivity contribution in [3.63, 3.8) is 0 Å². The van der Waals surface area contributed by atoms with Gasteiger partial charge in [0.2, 0.25) is 5.95 Å². The Hall–Kier alpha value is -1.95. The highest BCUT2D eigenvalue weighted by Gasteiger charge is 2.22. The Morgan fingerprint density at radius 3 is 2.18 bits per heavy atom. The maximum Gasteiger partial charge on any atom is 0.266 e. The lowest BCUT2D eigenvalue weighted by Crippen LogP contribution is -2.28. The number of anilines is 1. The Labute approximate surface area is 99.8 Å². The summed E-state index contributed by atoms with van der Waals surface area (Å²) in [5, 5.41) is 0. The molecule has 0 spiro atoms. The van der Waals surface area contributed by atoms with Crippen LogP contribution in [-0.4, -0.2) is 25.4 Å². The molecule has 0 atom stereocenters. The highest BCUT2D eigenvalue weighted by molar-refractivity contribution is 7.92. The molecule has 0 fully saturated rings. The van der Waals surface area contributed by atoms with Crippen molar-refractivity contribution in [1.29, 1.82) is 0 Å². The summed E-state index contributed by atoms with van der Waals surface area (Å²) in [7, 11) is -2.16. The van der Waals surface area contributed by atoms with E-state index in [4.69, 9.17) is 0 Å². The first kappa shape index (κ1) is 11.5. The average molecular weight is 249 g/mol. The van der Waals surface area contributed by atoms with E-state index in [0.717, 1.165) is 4.31 Å². The van der Waals surface area contributed by atoms with Crippen LogP contribution in [0.2, 0.25) is 0 Å². The van der Waals surface area contributed by atoms with Crippen molar-refractivity contribution in [2.24, 2.45) is 0 Å². The van der Waals surface area contributed by atoms with Gasteiger partial charge in [-0.3, -0.25) is 0 Å². The molecule has 0 unspecified atom stereocenters. The number of aromatic nitrogens is 2. The lowest BCUT2D eigenvalue weighted by Gasteiger charge is -2.16. The Kier molecular flexibility index (Phi) is 3.06. The number of hydrogen-bond donors (Lipinski definition) is 0. The lowest BCUT2D eigenvalue weighted by atomic mass is 10.4. The second kappa shape index (κ2) is 4.50. The van der Waals surface area contributed by atoms with Gasteiger partial charge in [-0.05, 0) is 18.2 Å². The molecule has 0 N–H and O–H groups in total. The van der Waals surface area contributed by atoms with Crippen molar-refractivity contribution in [3.05, 3.63) is 48.8 Å². The van der Waals surface area contributed by atoms with E-state index in [9.17, 15) is 8.42 Å². The smallest absolute Gasteiger partial charge is 0.237 e. The molecule has 6 heteroatoms. The first-order valence-corrected chi connectivity index (χ1v) is 6.37. The molecule has 0 aliphatic carbocycles. The quantitative estimate of drug-likeness (QED) is 0.822. The summed E-state index contributed by atoms with van der Waals surface area (Å²) in [6, 6.07) is 9.81. The second-order valence-electron chi connectivity index (χ2n) is 3.33. The van der Waals surface area contributed by atoms with E-state index in [0.29, 0.717) is 0 Å². The van der Waals surface area contributed by atoms with Gasteiger partial charge in [0, 0.05) is 19.4 Å². The molecule has 1 aromatic carbocycles. The summed E-state index contributed by atoms with van der Waals surface area (Å²) in [6.45, 7) is 0. The fraction of sp³-hybridized carbons (Fsp3) is 0.0909. The number of sulfonamides is 1. The van der Waals surface area contributed by atoms with Gasteiger partial charge in [0.15, 0.2) is 0 Å². The van der Waals surface area contributed by atoms with Crippen LogP contribution in [0.15, 0.2) is 53.7 Å². The molecule has 0 aliphatic rings. The van der Waals surface area contributed by atoms with Crippen LogP contribution in [0.1, 0.15) is 0 Å². The number of benzene rings is 1. The van der Waals surface area contributed by atoms with Crippen LogP contribution in [0.25, 0.3) is 0 Å². The molecular formula is C11H11N3O2S. The molecule has 2 aromatic rings. The van der Waals surface area contributed by atoms with Crippen LogP contribution in [0.5, 0.6) is 0 Å². The van der Waals surface area contributed by atoms with E-state index in [1.807, 2.05) is 0 Å². The summed E-state index contributed by atoms with van der Waals surface area (Å²) in [6.07, 6.45) is 3.00. The molecule has 2 rings (SSSR count). The van der Waals surface area contributed by atoms with Crippen molar-refractivity contribution >= 4 is 16.0 Å². The molecule has 0 radical (unpaired) electrons. The Morgan fingerprint density at radius 1 is 1.00 bits per heavy atom. The van der Waals surface area contributed by atoms with Crippen LogP contribution in [0.3, 0.4) is 0 Å². The topological polar surface area (TPSA) is 63.2 Å². The first-order chi connectivity index (χ1) is 8.12. The number of hydrogen-bond acceptors (Lipinski definition) is 4. The number of nitrogens with zero attached hydrogens (tertiary/aromatic N) is 3. The van der Waals surface area contributed by atoms with Gasteiger partial charge < -0.3 is 0 Å². The molecule has 88 valence electrons. The summed E-state index contributed by atoms with van der Waals surface area (Å²) in [5.41, 5.74) is 0. The Morgan fingerprint density at radius 2 is 1.59 bits per heavy atom. The molecule has 0 saturated carbocycles. The highest BCUT2D eigenvalue weighted by atomic mass is 32.2. The SMILES string of the molecule is CN(c1ncccn1)S(=O)(=O)c1ccccc1. The van der Waals surface area contributed by atoms with E-state index in [2.05, 4.69) is 9.97 Å². The molecule has 5 nitrogen and oxygen atoms in total. The maximum absolute atomic E-state index is 12.2. The van der Waals surface area contributed by atoms with Gasteiger partial charge >= 0.3 is 0 Å². The van der Waals surface area contributed by atoms with Crippen molar-refractivity contribution < 1.29 is 8.42 Å². The van der Waals surface area contributed by atoms with E-state index in [1.54, 1.807) is 24.3 Å². The first-order valence-electron chi connectivity index (χ1n) is 4.93. The van der Waals surface area contributed by atoms with Gasteiger partial charge in [0.1, 0.15) is 0 Å². The van der Waals surface area contributed by atoms with E-state index >= 15 is 0 Å². The van der Waals surface area contributed by atoms with Crippen molar-refractivity contribution in [2.45, 2.75) is 4.90 Å². The molecule has 1 heterocycles. The van der Waals surface area contributed by atoms with E-state index in [-0.39, 0.29) is 10.8 Å². The van der Waals surface area contributed by atoms with Crippen molar-refractivity contribution in [3.8, 4) is 0 Å². The predicted molar refractivity (Wildman–Crippen MR) is 64.1 cm³/mol. The molecular weight excluding hydrogens is 238 g/mol. The highest BCUT2D eigenvalue weighted by Crippen LogP contribution is 2.17. The van der Waals surface area contributed by atoms with Gasteiger partial charge in [-0.2, -0.15) is 0 Å². The third kappa shape index (κ3) is 2.26. The standard InChI is InChI=1S/C11H11N3O2S/c1-14(11-12-8-5-9-13-11)17(15,16)10-6-3-2-4-7-10/h2-9H,1H3. The maximum atomic E-state index is 12.2. The minimum Gasteiger partial charge on any atom is -0.237 e. The summed E-state index contributed by atoms with van der Waals surface area (Å²) < 4.78 is 25.4. The molecule has 0 bridgehead atoms. The lowest BCUT2D eigenvalue weighted by molar-refractivity contribution is 0.593. The zero-order chi connectivity index (χ0) is 12.3. The van der Waals surface area contributed by atoms with Gasteiger partial charge in [0.05, 0.1) is 4.90 Å². The predicted octanol–water partition coefficient (Wildman–Crippen LogP) is 1.30. The number of rotatable bonds is 3. The third-order valence-corrected chi connectivity index (χ3v) is 3.99. The average Bonchev–Trinajstić information content (AvgIpc) is 2.40. The zero-order valence-corrected chi connectivity index (χ0v) is 10.0. The third-order valence-electron chi connectivity index (χ3n) is 2.24. The molecule has 1 aromatic heterocycles. The Bertz CT molecular complexity index is 585. The second-order valence-corrected chi connectivity index (χ2v) is 5.30. The van der Waals surface area contributed by atoms with Gasteiger partial charge in [-0.25, -0.2) is 22.7 Å². The largest absolute Gasteiger partial charge is 0.266 e. The van der Waals surface area contributed by atoms with Gasteiger partial charge in [0.25, 0.3) is 10.0 Å². The van der Waals surface area contributed by atoms with Crippen LogP contribution < -0.4 is 4.31 Å². The molecule has 17 heavy (non-hydrogen) atoms. The van der Waals surface area contributed by atoms with Crippen LogP contribution in [-0.2, 0) is 10.0 Å². The minimum atomic E-state index is -3.58. The zero-order valence-electron chi connectivity index (χ0n) is 9.19. The van der Waals surface area contributed by atoms with Crippen LogP contribution >= 0.6 is 0 Å². The van der Waals surface area contributed by atoms with E-state index < -0.39 is 10.0 Å². The summed E-state index contributed by atoms with van der Waals surface area (Å²) in [4.78, 5) is 8.03. The summed E-state index contributed by atoms with van der Waals surface area (Å²) >= 11 is 0. The monoisotopic (exact) mass is 249 g/mol. The molecule has 0 amide bonds. The van der Waals surface area contributed by atoms with Crippen LogP contribution in [0, 0.1) is 0 Å². The van der Waals surface area contributed by atoms with Crippen molar-refractivity contribution in [1.82, 2.24) is 9.97 Å². The molecule has 0 saturated heterocycles. The van der Waals surface area contributed by atoms with Gasteiger partial charge in [-0.15, -0.1) is 0 Å². The fourth-order valence-corrected chi connectivity index (χ4v) is 2.44. The van der Waals surface area contributed by atoms with E-state index in [1.165, 1.54) is 31.6 Å². The molecule has 0 aliphatic heterocycles. The Balaban J connectivity index is 2.41. The summed E-state index contributed by atoms with van der Waals surface area (Å²) in [5.74, 6) is 0.149. The van der Waals surface area contributed by atoms with Crippen molar-refractivity contribution in [2.75, 3.05) is 11.4 Å². The normalized spacial score (nSPS) is 11.1. The van der Waals surface area contributed by atoms with Gasteiger partial charge in [-0.1, -0.05) is 18.2 Å². The minimum absolute atomic E-state index is 0.149.